The molecule has 2 fully saturated rings. The fourth-order valence-corrected chi connectivity index (χ4v) is 2.90. The Hall–Kier alpha value is -2.08. The Balaban J connectivity index is 1.66. The second-order valence-electron chi connectivity index (χ2n) is 5.86. The van der Waals surface area contributed by atoms with Gasteiger partial charge in [0.15, 0.2) is 0 Å². The summed E-state index contributed by atoms with van der Waals surface area (Å²) in [7, 11) is 0. The number of nitrogens with zero attached hydrogens (tertiary/aromatic N) is 1. The number of benzene rings is 1. The van der Waals surface area contributed by atoms with Crippen LogP contribution in [0.2, 0.25) is 5.02 Å². The van der Waals surface area contributed by atoms with Crippen LogP contribution in [0, 0.1) is 5.92 Å². The van der Waals surface area contributed by atoms with E-state index < -0.39 is 17.5 Å². The fraction of sp³-hybridized carbons (Fsp3) is 0.400. The average molecular weight is 322 g/mol. The SMILES string of the molecule is C[C@]1(C2CC2)NC(=O)N(CC(=O)Nc2cccc(Cl)c2)C1=O. The van der Waals surface area contributed by atoms with Crippen LogP contribution in [0.5, 0.6) is 0 Å². The van der Waals surface area contributed by atoms with Crippen molar-refractivity contribution in [3.05, 3.63) is 29.3 Å². The quantitative estimate of drug-likeness (QED) is 0.833. The Morgan fingerprint density at radius 2 is 2.18 bits per heavy atom. The molecule has 6 nitrogen and oxygen atoms in total. The number of carbonyl (C=O) groups is 3. The normalized spacial score (nSPS) is 24.4. The molecule has 0 spiro atoms. The van der Waals surface area contributed by atoms with Crippen LogP contribution in [0.15, 0.2) is 24.3 Å². The van der Waals surface area contributed by atoms with Crippen LogP contribution in [0.1, 0.15) is 19.8 Å². The van der Waals surface area contributed by atoms with E-state index in [1.165, 1.54) is 0 Å². The second kappa shape index (κ2) is 5.28. The molecule has 1 aliphatic heterocycles. The lowest BCUT2D eigenvalue weighted by Gasteiger charge is -2.20. The van der Waals surface area contributed by atoms with Gasteiger partial charge in [0.25, 0.3) is 5.91 Å². The second-order valence-corrected chi connectivity index (χ2v) is 6.29. The van der Waals surface area contributed by atoms with Crippen LogP contribution in [-0.4, -0.2) is 34.8 Å². The van der Waals surface area contributed by atoms with Gasteiger partial charge in [-0.3, -0.25) is 14.5 Å². The maximum Gasteiger partial charge on any atom is 0.325 e. The van der Waals surface area contributed by atoms with Crippen molar-refractivity contribution in [2.24, 2.45) is 5.92 Å². The molecule has 1 atom stereocenters. The van der Waals surface area contributed by atoms with E-state index in [2.05, 4.69) is 10.6 Å². The average Bonchev–Trinajstić information content (AvgIpc) is 3.25. The van der Waals surface area contributed by atoms with Crippen molar-refractivity contribution in [1.82, 2.24) is 10.2 Å². The van der Waals surface area contributed by atoms with E-state index in [-0.39, 0.29) is 18.4 Å². The van der Waals surface area contributed by atoms with Gasteiger partial charge in [0.05, 0.1) is 0 Å². The summed E-state index contributed by atoms with van der Waals surface area (Å²) in [5, 5.41) is 5.83. The topological polar surface area (TPSA) is 78.5 Å². The van der Waals surface area contributed by atoms with Crippen LogP contribution in [-0.2, 0) is 9.59 Å². The van der Waals surface area contributed by atoms with E-state index in [0.29, 0.717) is 10.7 Å². The molecule has 22 heavy (non-hydrogen) atoms. The summed E-state index contributed by atoms with van der Waals surface area (Å²) in [6, 6.07) is 6.16. The first-order chi connectivity index (χ1) is 10.4. The number of hydrogen-bond acceptors (Lipinski definition) is 3. The Labute approximate surface area is 132 Å². The van der Waals surface area contributed by atoms with Gasteiger partial charge in [-0.05, 0) is 43.9 Å². The van der Waals surface area contributed by atoms with E-state index in [1.807, 2.05) is 0 Å². The third-order valence-electron chi connectivity index (χ3n) is 4.11. The van der Waals surface area contributed by atoms with E-state index in [1.54, 1.807) is 31.2 Å². The lowest BCUT2D eigenvalue weighted by Crippen LogP contribution is -2.46. The number of anilines is 1. The zero-order valence-electron chi connectivity index (χ0n) is 12.1. The maximum absolute atomic E-state index is 12.4. The standard InChI is InChI=1S/C15H16ClN3O3/c1-15(9-5-6-9)13(21)19(14(22)18-15)8-12(20)17-11-4-2-3-10(16)7-11/h2-4,7,9H,5-6,8H2,1H3,(H,17,20)(H,18,22)/t15-/m1/s1. The first-order valence-electron chi connectivity index (χ1n) is 7.09. The van der Waals surface area contributed by atoms with E-state index in [9.17, 15) is 14.4 Å². The minimum absolute atomic E-state index is 0.171. The molecule has 2 aliphatic rings. The number of nitrogens with one attached hydrogen (secondary N) is 2. The third-order valence-corrected chi connectivity index (χ3v) is 4.34. The van der Waals surface area contributed by atoms with Gasteiger partial charge in [0, 0.05) is 10.7 Å². The molecule has 1 saturated carbocycles. The number of carbonyl (C=O) groups excluding carboxylic acids is 3. The number of imide groups is 1. The van der Waals surface area contributed by atoms with Crippen molar-refractivity contribution in [3.8, 4) is 0 Å². The molecule has 1 saturated heterocycles. The third kappa shape index (κ3) is 2.66. The van der Waals surface area contributed by atoms with Crippen LogP contribution < -0.4 is 10.6 Å². The summed E-state index contributed by atoms with van der Waals surface area (Å²) in [4.78, 5) is 37.4. The first kappa shape index (κ1) is 14.8. The van der Waals surface area contributed by atoms with Crippen molar-refractivity contribution in [3.63, 3.8) is 0 Å². The van der Waals surface area contributed by atoms with Gasteiger partial charge in [0.2, 0.25) is 5.91 Å². The number of rotatable bonds is 4. The van der Waals surface area contributed by atoms with E-state index in [4.69, 9.17) is 11.6 Å². The molecule has 3 rings (SSSR count). The van der Waals surface area contributed by atoms with Crippen molar-refractivity contribution >= 4 is 35.1 Å². The zero-order chi connectivity index (χ0) is 15.9. The molecule has 4 amide bonds. The Bertz CT molecular complexity index is 659. The van der Waals surface area contributed by atoms with Crippen molar-refractivity contribution in [1.29, 1.82) is 0 Å². The van der Waals surface area contributed by atoms with Crippen molar-refractivity contribution in [2.75, 3.05) is 11.9 Å². The highest BCUT2D eigenvalue weighted by Crippen LogP contribution is 2.42. The zero-order valence-corrected chi connectivity index (χ0v) is 12.8. The molecular formula is C15H16ClN3O3. The summed E-state index contributed by atoms with van der Waals surface area (Å²) >= 11 is 5.84. The Morgan fingerprint density at radius 3 is 2.82 bits per heavy atom. The van der Waals surface area contributed by atoms with Gasteiger partial charge in [-0.25, -0.2) is 4.79 Å². The van der Waals surface area contributed by atoms with Gasteiger partial charge in [-0.1, -0.05) is 17.7 Å². The summed E-state index contributed by atoms with van der Waals surface area (Å²) < 4.78 is 0. The maximum atomic E-state index is 12.4. The van der Waals surface area contributed by atoms with Crippen LogP contribution in [0.3, 0.4) is 0 Å². The Morgan fingerprint density at radius 1 is 1.45 bits per heavy atom. The Kier molecular flexibility index (Phi) is 3.56. The van der Waals surface area contributed by atoms with Gasteiger partial charge >= 0.3 is 6.03 Å². The van der Waals surface area contributed by atoms with Gasteiger partial charge in [-0.15, -0.1) is 0 Å². The molecule has 1 aromatic carbocycles. The molecule has 0 radical (unpaired) electrons. The predicted molar refractivity (Wildman–Crippen MR) is 81.5 cm³/mol. The number of amides is 4. The molecule has 0 unspecified atom stereocenters. The molecule has 7 heteroatoms. The van der Waals surface area contributed by atoms with E-state index in [0.717, 1.165) is 17.7 Å². The van der Waals surface area contributed by atoms with Gasteiger partial charge in [-0.2, -0.15) is 0 Å². The summed E-state index contributed by atoms with van der Waals surface area (Å²) in [6.07, 6.45) is 1.84. The van der Waals surface area contributed by atoms with Crippen LogP contribution >= 0.6 is 11.6 Å². The molecule has 2 N–H and O–H groups in total. The van der Waals surface area contributed by atoms with E-state index >= 15 is 0 Å². The largest absolute Gasteiger partial charge is 0.325 e. The smallest absolute Gasteiger partial charge is 0.324 e. The minimum Gasteiger partial charge on any atom is -0.324 e. The summed E-state index contributed by atoms with van der Waals surface area (Å²) in [5.41, 5.74) is -0.345. The molecule has 0 bridgehead atoms. The fourth-order valence-electron chi connectivity index (χ4n) is 2.71. The molecule has 116 valence electrons. The number of halogens is 1. The van der Waals surface area contributed by atoms with Crippen molar-refractivity contribution < 1.29 is 14.4 Å². The first-order valence-corrected chi connectivity index (χ1v) is 7.47. The number of hydrogen-bond donors (Lipinski definition) is 2. The van der Waals surface area contributed by atoms with Crippen molar-refractivity contribution in [2.45, 2.75) is 25.3 Å². The molecular weight excluding hydrogens is 306 g/mol. The highest BCUT2D eigenvalue weighted by molar-refractivity contribution is 6.30. The van der Waals surface area contributed by atoms with Crippen LogP contribution in [0.25, 0.3) is 0 Å². The molecule has 1 aromatic rings. The molecule has 1 aliphatic carbocycles. The highest BCUT2D eigenvalue weighted by atomic mass is 35.5. The summed E-state index contributed by atoms with van der Waals surface area (Å²) in [5.74, 6) is -0.600. The number of urea groups is 1. The lowest BCUT2D eigenvalue weighted by molar-refractivity contribution is -0.134. The monoisotopic (exact) mass is 321 g/mol. The van der Waals surface area contributed by atoms with Gasteiger partial charge < -0.3 is 10.6 Å². The lowest BCUT2D eigenvalue weighted by atomic mass is 9.96. The van der Waals surface area contributed by atoms with Gasteiger partial charge in [0.1, 0.15) is 12.1 Å². The molecule has 1 heterocycles. The summed E-state index contributed by atoms with van der Waals surface area (Å²) in [6.45, 7) is 1.42. The molecule has 0 aromatic heterocycles. The highest BCUT2D eigenvalue weighted by Gasteiger charge is 2.56. The predicted octanol–water partition coefficient (Wildman–Crippen LogP) is 2.00. The minimum atomic E-state index is -0.868. The van der Waals surface area contributed by atoms with Crippen LogP contribution in [0.4, 0.5) is 10.5 Å².